The van der Waals surface area contributed by atoms with Crippen molar-refractivity contribution in [3.63, 3.8) is 0 Å². The second-order valence-corrected chi connectivity index (χ2v) is 8.82. The van der Waals surface area contributed by atoms with Crippen LogP contribution in [0.5, 0.6) is 5.75 Å². The summed E-state index contributed by atoms with van der Waals surface area (Å²) < 4.78 is 32.7. The lowest BCUT2D eigenvalue weighted by molar-refractivity contribution is 0.0782. The molecule has 8 heteroatoms. The number of nitrogens with zero attached hydrogens (tertiary/aromatic N) is 2. The molecule has 2 aromatic rings. The van der Waals surface area contributed by atoms with E-state index in [1.54, 1.807) is 55.5 Å². The number of anilines is 1. The Labute approximate surface area is 172 Å². The van der Waals surface area contributed by atoms with E-state index in [1.807, 2.05) is 0 Å². The van der Waals surface area contributed by atoms with Gasteiger partial charge in [-0.1, -0.05) is 0 Å². The highest BCUT2D eigenvalue weighted by molar-refractivity contribution is 7.92. The van der Waals surface area contributed by atoms with Crippen LogP contribution in [0.3, 0.4) is 0 Å². The second-order valence-electron chi connectivity index (χ2n) is 7.13. The Morgan fingerprint density at radius 2 is 1.69 bits per heavy atom. The summed E-state index contributed by atoms with van der Waals surface area (Å²) in [5.74, 6) is 0.529. The van der Waals surface area contributed by atoms with Crippen LogP contribution in [0.1, 0.15) is 23.2 Å². The molecule has 156 valence electrons. The van der Waals surface area contributed by atoms with Crippen molar-refractivity contribution in [2.45, 2.75) is 17.7 Å². The fourth-order valence-electron chi connectivity index (χ4n) is 3.27. The second kappa shape index (κ2) is 9.28. The van der Waals surface area contributed by atoms with Crippen molar-refractivity contribution in [1.82, 2.24) is 9.80 Å². The summed E-state index contributed by atoms with van der Waals surface area (Å²) in [5, 5.41) is 0. The van der Waals surface area contributed by atoms with Crippen molar-refractivity contribution < 1.29 is 17.9 Å². The zero-order chi connectivity index (χ0) is 20.9. The first kappa shape index (κ1) is 21.1. The summed E-state index contributed by atoms with van der Waals surface area (Å²) in [7, 11) is -0.420. The van der Waals surface area contributed by atoms with E-state index in [0.29, 0.717) is 23.5 Å². The maximum atomic E-state index is 12.6. The number of likely N-dealkylation sites (tertiary alicyclic amines) is 1. The number of hydrogen-bond acceptors (Lipinski definition) is 5. The third-order valence-electron chi connectivity index (χ3n) is 5.05. The molecule has 0 aromatic heterocycles. The van der Waals surface area contributed by atoms with Crippen LogP contribution in [-0.4, -0.2) is 64.5 Å². The van der Waals surface area contributed by atoms with Gasteiger partial charge in [0.2, 0.25) is 0 Å². The summed E-state index contributed by atoms with van der Waals surface area (Å²) in [6, 6.07) is 12.6. The van der Waals surface area contributed by atoms with Crippen molar-refractivity contribution in [1.29, 1.82) is 0 Å². The van der Waals surface area contributed by atoms with E-state index in [-0.39, 0.29) is 10.8 Å². The molecule has 1 saturated heterocycles. The Bertz CT molecular complexity index is 921. The fraction of sp³-hybridized carbons (Fsp3) is 0.381. The minimum atomic E-state index is -3.74. The van der Waals surface area contributed by atoms with Crippen LogP contribution in [0.25, 0.3) is 0 Å². The van der Waals surface area contributed by atoms with Gasteiger partial charge in [0.25, 0.3) is 15.9 Å². The van der Waals surface area contributed by atoms with Crippen molar-refractivity contribution >= 4 is 21.6 Å². The van der Waals surface area contributed by atoms with Gasteiger partial charge in [0, 0.05) is 31.4 Å². The Kier molecular flexibility index (Phi) is 6.76. The summed E-state index contributed by atoms with van der Waals surface area (Å²) in [6.45, 7) is 3.70. The van der Waals surface area contributed by atoms with E-state index in [2.05, 4.69) is 9.62 Å². The van der Waals surface area contributed by atoms with Gasteiger partial charge in [0.05, 0.1) is 12.0 Å². The Balaban J connectivity index is 1.62. The molecule has 29 heavy (non-hydrogen) atoms. The highest BCUT2D eigenvalue weighted by Crippen LogP contribution is 2.20. The summed E-state index contributed by atoms with van der Waals surface area (Å²) in [5.41, 5.74) is 0.907. The number of carbonyl (C=O) groups is 1. The molecule has 2 aromatic carbocycles. The van der Waals surface area contributed by atoms with E-state index >= 15 is 0 Å². The van der Waals surface area contributed by atoms with E-state index < -0.39 is 10.0 Å². The molecule has 1 aliphatic heterocycles. The van der Waals surface area contributed by atoms with E-state index in [4.69, 9.17) is 4.74 Å². The molecule has 1 aliphatic rings. The minimum Gasteiger partial charge on any atom is -0.497 e. The predicted octanol–water partition coefficient (Wildman–Crippen LogP) is 2.66. The van der Waals surface area contributed by atoms with E-state index in [9.17, 15) is 13.2 Å². The molecule has 1 N–H and O–H groups in total. The lowest BCUT2D eigenvalue weighted by atomic mass is 10.2. The lowest BCUT2D eigenvalue weighted by Gasteiger charge is -2.21. The monoisotopic (exact) mass is 417 g/mol. The predicted molar refractivity (Wildman–Crippen MR) is 113 cm³/mol. The van der Waals surface area contributed by atoms with Crippen molar-refractivity contribution in [3.05, 3.63) is 54.1 Å². The first-order chi connectivity index (χ1) is 13.9. The van der Waals surface area contributed by atoms with Crippen LogP contribution in [0, 0.1) is 0 Å². The van der Waals surface area contributed by atoms with Crippen LogP contribution >= 0.6 is 0 Å². The van der Waals surface area contributed by atoms with Gasteiger partial charge in [-0.3, -0.25) is 9.52 Å². The normalized spacial score (nSPS) is 14.6. The van der Waals surface area contributed by atoms with Gasteiger partial charge in [0.15, 0.2) is 0 Å². The van der Waals surface area contributed by atoms with Gasteiger partial charge in [-0.05, 0) is 74.5 Å². The molecule has 1 amide bonds. The summed E-state index contributed by atoms with van der Waals surface area (Å²) >= 11 is 0. The molecule has 0 aliphatic carbocycles. The van der Waals surface area contributed by atoms with Crippen LogP contribution in [-0.2, 0) is 10.0 Å². The number of likely N-dealkylation sites (N-methyl/N-ethyl adjacent to an activating group) is 1. The Morgan fingerprint density at radius 1 is 1.07 bits per heavy atom. The summed E-state index contributed by atoms with van der Waals surface area (Å²) in [6.07, 6.45) is 2.44. The van der Waals surface area contributed by atoms with Gasteiger partial charge < -0.3 is 14.5 Å². The quantitative estimate of drug-likeness (QED) is 0.714. The van der Waals surface area contributed by atoms with E-state index in [1.165, 1.54) is 25.0 Å². The number of nitrogens with one attached hydrogen (secondary N) is 1. The average molecular weight is 418 g/mol. The Morgan fingerprint density at radius 3 is 2.28 bits per heavy atom. The van der Waals surface area contributed by atoms with Gasteiger partial charge in [-0.15, -0.1) is 0 Å². The molecule has 1 fully saturated rings. The molecule has 3 rings (SSSR count). The standard InChI is InChI=1S/C21H27N3O4S/c1-23(15-16-24-13-3-4-14-24)21(25)17-5-11-20(12-6-17)29(26,27)22-18-7-9-19(28-2)10-8-18/h5-12,22H,3-4,13-16H2,1-2H3. The number of hydrogen-bond donors (Lipinski definition) is 1. The van der Waals surface area contributed by atoms with Gasteiger partial charge in [0.1, 0.15) is 5.75 Å². The third-order valence-corrected chi connectivity index (χ3v) is 6.45. The SMILES string of the molecule is COc1ccc(NS(=O)(=O)c2ccc(C(=O)N(C)CCN3CCCC3)cc2)cc1. The molecule has 0 unspecified atom stereocenters. The summed E-state index contributed by atoms with van der Waals surface area (Å²) in [4.78, 5) is 16.7. The van der Waals surface area contributed by atoms with Crippen LogP contribution in [0.4, 0.5) is 5.69 Å². The number of benzene rings is 2. The molecule has 0 bridgehead atoms. The first-order valence-corrected chi connectivity index (χ1v) is 11.1. The molecule has 0 atom stereocenters. The van der Waals surface area contributed by atoms with Crippen LogP contribution < -0.4 is 9.46 Å². The number of amides is 1. The van der Waals surface area contributed by atoms with Gasteiger partial charge in [-0.25, -0.2) is 8.42 Å². The van der Waals surface area contributed by atoms with Gasteiger partial charge >= 0.3 is 0 Å². The first-order valence-electron chi connectivity index (χ1n) is 9.64. The third kappa shape index (κ3) is 5.48. The molecule has 0 radical (unpaired) electrons. The topological polar surface area (TPSA) is 78.9 Å². The molecule has 0 saturated carbocycles. The van der Waals surface area contributed by atoms with E-state index in [0.717, 1.165) is 19.6 Å². The average Bonchev–Trinajstić information content (AvgIpc) is 3.25. The number of methoxy groups -OCH3 is 1. The van der Waals surface area contributed by atoms with Crippen molar-refractivity contribution in [2.24, 2.45) is 0 Å². The maximum absolute atomic E-state index is 12.6. The van der Waals surface area contributed by atoms with Crippen molar-refractivity contribution in [2.75, 3.05) is 45.1 Å². The van der Waals surface area contributed by atoms with Crippen LogP contribution in [0.15, 0.2) is 53.4 Å². The largest absolute Gasteiger partial charge is 0.497 e. The molecule has 0 spiro atoms. The fourth-order valence-corrected chi connectivity index (χ4v) is 4.33. The minimum absolute atomic E-state index is 0.101. The Hall–Kier alpha value is -2.58. The molecular formula is C21H27N3O4S. The number of rotatable bonds is 8. The number of ether oxygens (including phenoxy) is 1. The maximum Gasteiger partial charge on any atom is 0.261 e. The zero-order valence-corrected chi connectivity index (χ0v) is 17.6. The number of carbonyl (C=O) groups excluding carboxylic acids is 1. The lowest BCUT2D eigenvalue weighted by Crippen LogP contribution is -2.35. The zero-order valence-electron chi connectivity index (χ0n) is 16.8. The van der Waals surface area contributed by atoms with Crippen molar-refractivity contribution in [3.8, 4) is 5.75 Å². The highest BCUT2D eigenvalue weighted by atomic mass is 32.2. The number of sulfonamides is 1. The van der Waals surface area contributed by atoms with Gasteiger partial charge in [-0.2, -0.15) is 0 Å². The smallest absolute Gasteiger partial charge is 0.261 e. The molecule has 7 nitrogen and oxygen atoms in total. The highest BCUT2D eigenvalue weighted by Gasteiger charge is 2.18. The molecular weight excluding hydrogens is 390 g/mol. The molecule has 1 heterocycles. The van der Waals surface area contributed by atoms with Crippen LogP contribution in [0.2, 0.25) is 0 Å².